The number of nitriles is 1. The zero-order valence-corrected chi connectivity index (χ0v) is 11.5. The molecule has 3 rings (SSSR count). The van der Waals surface area contributed by atoms with Crippen molar-refractivity contribution in [1.82, 2.24) is 9.78 Å². The molecule has 0 saturated heterocycles. The normalized spacial score (nSPS) is 11.9. The van der Waals surface area contributed by atoms with Gasteiger partial charge in [-0.2, -0.15) is 10.4 Å². The molecule has 1 heterocycles. The third kappa shape index (κ3) is 2.60. The topological polar surface area (TPSA) is 61.8 Å². The van der Waals surface area contributed by atoms with Crippen LogP contribution in [-0.2, 0) is 0 Å². The molecular weight excluding hydrogens is 281 g/mol. The maximum atomic E-state index is 13.1. The van der Waals surface area contributed by atoms with Crippen molar-refractivity contribution < 1.29 is 9.50 Å². The molecular formula is C17H12FN3O. The maximum absolute atomic E-state index is 13.1. The van der Waals surface area contributed by atoms with Crippen LogP contribution in [0.2, 0.25) is 0 Å². The summed E-state index contributed by atoms with van der Waals surface area (Å²) in [5.74, 6) is -0.353. The summed E-state index contributed by atoms with van der Waals surface area (Å²) in [5, 5.41) is 23.3. The van der Waals surface area contributed by atoms with E-state index in [0.29, 0.717) is 16.8 Å². The van der Waals surface area contributed by atoms with E-state index < -0.39 is 6.10 Å². The highest BCUT2D eigenvalue weighted by Gasteiger charge is 2.18. The van der Waals surface area contributed by atoms with E-state index in [2.05, 4.69) is 5.10 Å². The van der Waals surface area contributed by atoms with Crippen LogP contribution in [0.1, 0.15) is 11.7 Å². The molecule has 0 radical (unpaired) electrons. The molecule has 1 N–H and O–H groups in total. The summed E-state index contributed by atoms with van der Waals surface area (Å²) in [6.45, 7) is 0. The average Bonchev–Trinajstić information content (AvgIpc) is 3.01. The number of benzene rings is 2. The van der Waals surface area contributed by atoms with Crippen LogP contribution in [0.4, 0.5) is 4.39 Å². The average molecular weight is 293 g/mol. The van der Waals surface area contributed by atoms with Gasteiger partial charge in [-0.1, -0.05) is 18.2 Å². The second-order valence-electron chi connectivity index (χ2n) is 4.75. The number of hydrogen-bond acceptors (Lipinski definition) is 3. The Balaban J connectivity index is 2.14. The van der Waals surface area contributed by atoms with Gasteiger partial charge in [-0.15, -0.1) is 0 Å². The molecule has 1 unspecified atom stereocenters. The van der Waals surface area contributed by atoms with Gasteiger partial charge in [0.15, 0.2) is 6.10 Å². The van der Waals surface area contributed by atoms with Gasteiger partial charge in [0, 0.05) is 17.3 Å². The van der Waals surface area contributed by atoms with Gasteiger partial charge in [-0.05, 0) is 36.4 Å². The number of para-hydroxylation sites is 1. The van der Waals surface area contributed by atoms with Crippen molar-refractivity contribution in [2.45, 2.75) is 6.10 Å². The van der Waals surface area contributed by atoms with E-state index in [1.165, 1.54) is 12.1 Å². The van der Waals surface area contributed by atoms with Crippen molar-refractivity contribution in [3.8, 4) is 23.0 Å². The highest BCUT2D eigenvalue weighted by atomic mass is 19.1. The first-order valence-corrected chi connectivity index (χ1v) is 6.67. The van der Waals surface area contributed by atoms with Crippen LogP contribution in [-0.4, -0.2) is 14.9 Å². The summed E-state index contributed by atoms with van der Waals surface area (Å²) >= 11 is 0. The smallest absolute Gasteiger partial charge is 0.169 e. The van der Waals surface area contributed by atoms with Crippen LogP contribution in [0.15, 0.2) is 60.8 Å². The number of aliphatic hydroxyl groups excluding tert-OH is 1. The molecule has 0 aliphatic heterocycles. The maximum Gasteiger partial charge on any atom is 0.169 e. The lowest BCUT2D eigenvalue weighted by Gasteiger charge is -2.02. The first-order valence-electron chi connectivity index (χ1n) is 6.67. The van der Waals surface area contributed by atoms with Gasteiger partial charge in [-0.3, -0.25) is 0 Å². The zero-order valence-electron chi connectivity index (χ0n) is 11.5. The monoisotopic (exact) mass is 293 g/mol. The molecule has 1 atom stereocenters. The number of aromatic nitrogens is 2. The fourth-order valence-electron chi connectivity index (χ4n) is 2.20. The lowest BCUT2D eigenvalue weighted by Crippen LogP contribution is -1.94. The van der Waals surface area contributed by atoms with E-state index in [4.69, 9.17) is 5.26 Å². The van der Waals surface area contributed by atoms with E-state index in [1.54, 1.807) is 29.1 Å². The van der Waals surface area contributed by atoms with Crippen LogP contribution < -0.4 is 0 Å². The molecule has 108 valence electrons. The lowest BCUT2D eigenvalue weighted by molar-refractivity contribution is 0.236. The van der Waals surface area contributed by atoms with E-state index in [9.17, 15) is 9.50 Å². The van der Waals surface area contributed by atoms with Crippen LogP contribution in [0.5, 0.6) is 0 Å². The predicted octanol–water partition coefficient (Wildman–Crippen LogP) is 3.24. The van der Waals surface area contributed by atoms with E-state index in [1.807, 2.05) is 30.3 Å². The molecule has 0 bridgehead atoms. The standard InChI is InChI=1S/C17H12FN3O/c18-13-8-6-12(7-9-13)17-15(16(22)10-19)11-21(20-17)14-4-2-1-3-5-14/h1-9,11,16,22H. The molecule has 0 aliphatic rings. The largest absolute Gasteiger partial charge is 0.374 e. The molecule has 2 aromatic carbocycles. The SMILES string of the molecule is N#CC(O)c1cn(-c2ccccc2)nc1-c1ccc(F)cc1. The van der Waals surface area contributed by atoms with Crippen molar-refractivity contribution >= 4 is 0 Å². The van der Waals surface area contributed by atoms with Gasteiger partial charge in [0.2, 0.25) is 0 Å². The lowest BCUT2D eigenvalue weighted by atomic mass is 10.1. The second kappa shape index (κ2) is 5.80. The van der Waals surface area contributed by atoms with Crippen LogP contribution in [0.3, 0.4) is 0 Å². The summed E-state index contributed by atoms with van der Waals surface area (Å²) in [4.78, 5) is 0. The van der Waals surface area contributed by atoms with Crippen molar-refractivity contribution in [3.05, 3.63) is 72.2 Å². The van der Waals surface area contributed by atoms with Gasteiger partial charge >= 0.3 is 0 Å². The Labute approximate surface area is 126 Å². The van der Waals surface area contributed by atoms with Crippen LogP contribution in [0, 0.1) is 17.1 Å². The van der Waals surface area contributed by atoms with Crippen LogP contribution >= 0.6 is 0 Å². The Morgan fingerprint density at radius 1 is 1.09 bits per heavy atom. The molecule has 0 fully saturated rings. The molecule has 22 heavy (non-hydrogen) atoms. The number of nitrogens with zero attached hydrogens (tertiary/aromatic N) is 3. The Morgan fingerprint density at radius 3 is 2.41 bits per heavy atom. The highest BCUT2D eigenvalue weighted by molar-refractivity contribution is 5.64. The quantitative estimate of drug-likeness (QED) is 0.754. The molecule has 0 spiro atoms. The Kier molecular flexibility index (Phi) is 3.69. The van der Waals surface area contributed by atoms with E-state index in [-0.39, 0.29) is 5.82 Å². The third-order valence-corrected chi connectivity index (χ3v) is 3.30. The first kappa shape index (κ1) is 14.0. The molecule has 4 nitrogen and oxygen atoms in total. The number of hydrogen-bond donors (Lipinski definition) is 1. The Hall–Kier alpha value is -2.97. The van der Waals surface area contributed by atoms with Gasteiger partial charge in [-0.25, -0.2) is 9.07 Å². The minimum atomic E-state index is -1.29. The summed E-state index contributed by atoms with van der Waals surface area (Å²) in [6, 6.07) is 16.9. The fraction of sp³-hybridized carbons (Fsp3) is 0.0588. The van der Waals surface area contributed by atoms with Gasteiger partial charge in [0.1, 0.15) is 5.82 Å². The molecule has 0 aliphatic carbocycles. The summed E-state index contributed by atoms with van der Waals surface area (Å²) in [7, 11) is 0. The van der Waals surface area contributed by atoms with Crippen molar-refractivity contribution in [2.24, 2.45) is 0 Å². The fourth-order valence-corrected chi connectivity index (χ4v) is 2.20. The zero-order chi connectivity index (χ0) is 15.5. The summed E-state index contributed by atoms with van der Waals surface area (Å²) in [5.41, 5.74) is 2.29. The first-order chi connectivity index (χ1) is 10.7. The summed E-state index contributed by atoms with van der Waals surface area (Å²) < 4.78 is 14.7. The predicted molar refractivity (Wildman–Crippen MR) is 79.5 cm³/mol. The third-order valence-electron chi connectivity index (χ3n) is 3.30. The van der Waals surface area contributed by atoms with Crippen LogP contribution in [0.25, 0.3) is 16.9 Å². The molecule has 1 aromatic heterocycles. The van der Waals surface area contributed by atoms with Crippen molar-refractivity contribution in [1.29, 1.82) is 5.26 Å². The van der Waals surface area contributed by atoms with E-state index >= 15 is 0 Å². The minimum absolute atomic E-state index is 0.353. The second-order valence-corrected chi connectivity index (χ2v) is 4.75. The Morgan fingerprint density at radius 2 is 1.77 bits per heavy atom. The molecule has 0 saturated carbocycles. The number of rotatable bonds is 3. The van der Waals surface area contributed by atoms with Gasteiger partial charge in [0.05, 0.1) is 17.5 Å². The number of halogens is 1. The van der Waals surface area contributed by atoms with Gasteiger partial charge in [0.25, 0.3) is 0 Å². The Bertz CT molecular complexity index is 819. The van der Waals surface area contributed by atoms with Gasteiger partial charge < -0.3 is 5.11 Å². The molecule has 5 heteroatoms. The highest BCUT2D eigenvalue weighted by Crippen LogP contribution is 2.28. The number of aliphatic hydroxyl groups is 1. The summed E-state index contributed by atoms with van der Waals surface area (Å²) in [6.07, 6.45) is 0.319. The van der Waals surface area contributed by atoms with Crippen molar-refractivity contribution in [2.75, 3.05) is 0 Å². The molecule has 0 amide bonds. The van der Waals surface area contributed by atoms with E-state index in [0.717, 1.165) is 5.69 Å². The minimum Gasteiger partial charge on any atom is -0.374 e. The van der Waals surface area contributed by atoms with Crippen molar-refractivity contribution in [3.63, 3.8) is 0 Å². The molecule has 3 aromatic rings.